The second-order valence-corrected chi connectivity index (χ2v) is 50.2. The van der Waals surface area contributed by atoms with E-state index < -0.39 is 0 Å². The molecule has 8 aliphatic carbocycles. The van der Waals surface area contributed by atoms with E-state index in [2.05, 4.69) is 301 Å². The highest BCUT2D eigenvalue weighted by atomic mass is 16.5. The first-order chi connectivity index (χ1) is 63.9. The summed E-state index contributed by atoms with van der Waals surface area (Å²) in [5.74, 6) is 12.5. The second-order valence-electron chi connectivity index (χ2n) is 50.2. The Bertz CT molecular complexity index is 5680. The molecule has 7 aromatic carbocycles. The Labute approximate surface area is 819 Å². The molecular weight excluding hydrogens is 1670 g/mol. The standard InChI is InChI=1S/C26H32O2.C26H38O2.C25H36O2.C25H30O2.C24H34O2/c1-16-7-10-18(11-8-16)25(3,4)19-14-22(27)24-20-13-17(2)9-12-21(20)26(5,6)28-23(24)15-19;1-17-12-13-21-20(14-17)24-22(27)15-19(16-23(24)28-26(21,4)5)25(2,3)18-10-8-6-7-9-11-18;2*1-16-11-12-20-19(13-16)23-21(26)14-18(15-22(23)27-25(20,4)5)24(2,3)17-9-7-6-8-10-17;1-15-10-11-19-18(12-15)22-20(25)13-17(14-21(22)26-24(19,4)5)23(2,3)16-8-6-7-9-16/h7-11,14-15,20-21,27H,12-13H2,1-6H3;12,15-16,18,20-21,27H,6-11,13-14H2,1-5H3;11,14-15,17,19-20,26H,6-10,12-13H2,1-5H3;6-11,14-15,19-20,26H,12-13H2,1-5H3;10,13-14,16,18-19,25H,6-9,11-12H2,1-5H3/t2*20-,21-;2*19-,20-;18-,19-/m11111/s1. The van der Waals surface area contributed by atoms with Crippen molar-refractivity contribution >= 4 is 0 Å². The van der Waals surface area contributed by atoms with Gasteiger partial charge in [0.15, 0.2) is 0 Å². The maximum atomic E-state index is 11.2. The number of hydrogen-bond acceptors (Lipinski definition) is 10. The van der Waals surface area contributed by atoms with Gasteiger partial charge in [-0.05, 0) is 347 Å². The number of phenolic OH excluding ortho intramolecular Hbond substituents is 5. The van der Waals surface area contributed by atoms with Gasteiger partial charge in [-0.2, -0.15) is 0 Å². The first kappa shape index (κ1) is 100. The molecule has 3 saturated carbocycles. The van der Waals surface area contributed by atoms with Crippen LogP contribution in [0.2, 0.25) is 0 Å². The second kappa shape index (κ2) is 38.0. The van der Waals surface area contributed by atoms with Crippen molar-refractivity contribution in [2.24, 2.45) is 47.3 Å². The van der Waals surface area contributed by atoms with Crippen molar-refractivity contribution in [1.29, 1.82) is 0 Å². The predicted octanol–water partition coefficient (Wildman–Crippen LogP) is 33.5. The zero-order valence-electron chi connectivity index (χ0n) is 88.3. The Kier molecular flexibility index (Phi) is 28.0. The molecule has 5 N–H and O–H groups in total. The van der Waals surface area contributed by atoms with Gasteiger partial charge in [-0.15, -0.1) is 0 Å². The molecule has 136 heavy (non-hydrogen) atoms. The summed E-state index contributed by atoms with van der Waals surface area (Å²) in [4.78, 5) is 0. The van der Waals surface area contributed by atoms with Crippen LogP contribution in [0.5, 0.6) is 57.5 Å². The molecule has 0 saturated heterocycles. The number of fused-ring (bicyclic) bond motifs is 15. The first-order valence-electron chi connectivity index (χ1n) is 53.1. The molecule has 0 bridgehead atoms. The lowest BCUT2D eigenvalue weighted by atomic mass is 9.65. The van der Waals surface area contributed by atoms with Crippen molar-refractivity contribution in [3.63, 3.8) is 0 Å². The molecule has 10 atom stereocenters. The van der Waals surface area contributed by atoms with E-state index in [1.807, 2.05) is 24.3 Å². The van der Waals surface area contributed by atoms with Crippen molar-refractivity contribution < 1.29 is 49.2 Å². The van der Waals surface area contributed by atoms with Crippen LogP contribution >= 0.6 is 0 Å². The third-order valence-corrected chi connectivity index (χ3v) is 37.3. The Hall–Kier alpha value is -8.76. The van der Waals surface area contributed by atoms with Crippen LogP contribution in [-0.2, 0) is 27.1 Å². The summed E-state index contributed by atoms with van der Waals surface area (Å²) in [5.41, 5.74) is 20.6. The SMILES string of the molecule is CC1=CC[C@@H]2[C@@H](C1)c1c(O)cc(C(C)(C)C3CCCC3)cc1OC2(C)C.CC1=CC[C@@H]2[C@@H](C1)c1c(O)cc(C(C)(C)C3CCCCC3)cc1OC2(C)C.CC1=CC[C@@H]2[C@@H](C1)c1c(O)cc(C(C)(C)C3CCCCCC3)cc1OC2(C)C.CC1=CC[C@@H]2[C@@H](C1)c1c(O)cc(C(C)(C)c3ccc(C)cc3)cc1OC2(C)C.CC1=CC[C@@H]2[C@@H](C1)c1c(O)cc(C(C)(C)c3ccccc3)cc1OC2(C)C. The molecule has 0 unspecified atom stereocenters. The number of hydrogen-bond donors (Lipinski definition) is 5. The molecule has 0 radical (unpaired) electrons. The minimum absolute atomic E-state index is 0.0591. The van der Waals surface area contributed by atoms with Crippen molar-refractivity contribution in [2.45, 2.75) is 425 Å². The van der Waals surface area contributed by atoms with Gasteiger partial charge in [-0.3, -0.25) is 0 Å². The van der Waals surface area contributed by atoms with Crippen LogP contribution in [0.3, 0.4) is 0 Å². The van der Waals surface area contributed by atoms with E-state index in [1.54, 1.807) is 0 Å². The molecule has 7 aromatic rings. The van der Waals surface area contributed by atoms with Crippen LogP contribution in [0.25, 0.3) is 0 Å². The zero-order chi connectivity index (χ0) is 97.9. The van der Waals surface area contributed by atoms with E-state index in [9.17, 15) is 25.5 Å². The number of aryl methyl sites for hydroxylation is 1. The quantitative estimate of drug-likeness (QED) is 0.0662. The van der Waals surface area contributed by atoms with Crippen LogP contribution < -0.4 is 23.7 Å². The van der Waals surface area contributed by atoms with Gasteiger partial charge in [-0.1, -0.05) is 245 Å². The van der Waals surface area contributed by atoms with Crippen molar-refractivity contribution in [1.82, 2.24) is 0 Å². The summed E-state index contributed by atoms with van der Waals surface area (Å²) in [6.07, 6.45) is 41.9. The predicted molar refractivity (Wildman–Crippen MR) is 561 cm³/mol. The summed E-state index contributed by atoms with van der Waals surface area (Å²) >= 11 is 0. The molecule has 734 valence electrons. The minimum atomic E-state index is -0.242. The van der Waals surface area contributed by atoms with E-state index in [1.165, 1.54) is 158 Å². The Morgan fingerprint density at radius 1 is 0.250 bits per heavy atom. The van der Waals surface area contributed by atoms with Gasteiger partial charge in [0.05, 0.1) is 0 Å². The lowest BCUT2D eigenvalue weighted by Gasteiger charge is -2.47. The number of rotatable bonds is 10. The molecule has 10 heteroatoms. The Balaban J connectivity index is 0.000000123. The maximum absolute atomic E-state index is 11.2. The molecule has 5 aliphatic heterocycles. The molecule has 10 nitrogen and oxygen atoms in total. The van der Waals surface area contributed by atoms with Gasteiger partial charge < -0.3 is 49.2 Å². The zero-order valence-corrected chi connectivity index (χ0v) is 88.3. The average molecular weight is 1840 g/mol. The largest absolute Gasteiger partial charge is 0.508 e. The van der Waals surface area contributed by atoms with Crippen LogP contribution in [0.1, 0.15) is 436 Å². The van der Waals surface area contributed by atoms with Crippen LogP contribution in [0.4, 0.5) is 0 Å². The number of aromatic hydroxyl groups is 5. The average Bonchev–Trinajstić information content (AvgIpc) is 0.904. The van der Waals surface area contributed by atoms with E-state index >= 15 is 0 Å². The first-order valence-corrected chi connectivity index (χ1v) is 53.1. The molecule has 0 spiro atoms. The fraction of sp³-hybridized carbons (Fsp3) is 0.587. The van der Waals surface area contributed by atoms with Crippen LogP contribution in [-0.4, -0.2) is 53.5 Å². The minimum Gasteiger partial charge on any atom is -0.508 e. The molecule has 0 aromatic heterocycles. The molecule has 0 amide bonds. The summed E-state index contributed by atoms with van der Waals surface area (Å²) in [7, 11) is 0. The van der Waals surface area contributed by atoms with Gasteiger partial charge in [0.2, 0.25) is 0 Å². The van der Waals surface area contributed by atoms with Crippen LogP contribution in [0, 0.1) is 54.3 Å². The summed E-state index contributed by atoms with van der Waals surface area (Å²) in [6, 6.07) is 40.3. The van der Waals surface area contributed by atoms with Gasteiger partial charge in [-0.25, -0.2) is 0 Å². The van der Waals surface area contributed by atoms with E-state index in [4.69, 9.17) is 23.7 Å². The molecule has 13 aliphatic rings. The highest BCUT2D eigenvalue weighted by Crippen LogP contribution is 2.63. The number of allylic oxidation sites excluding steroid dienone is 10. The smallest absolute Gasteiger partial charge is 0.127 e. The Morgan fingerprint density at radius 2 is 0.456 bits per heavy atom. The molecule has 5 heterocycles. The van der Waals surface area contributed by atoms with Crippen LogP contribution in [0.15, 0.2) is 174 Å². The topological polar surface area (TPSA) is 147 Å². The highest BCUT2D eigenvalue weighted by molar-refractivity contribution is 5.61. The molecule has 20 rings (SSSR count). The number of ether oxygens (including phenoxy) is 5. The van der Waals surface area contributed by atoms with Crippen molar-refractivity contribution in [2.75, 3.05) is 0 Å². The third-order valence-electron chi connectivity index (χ3n) is 37.3. The van der Waals surface area contributed by atoms with E-state index in [-0.39, 0.29) is 55.1 Å². The van der Waals surface area contributed by atoms with Crippen molar-refractivity contribution in [3.8, 4) is 57.5 Å². The third kappa shape index (κ3) is 19.7. The van der Waals surface area contributed by atoms with Gasteiger partial charge >= 0.3 is 0 Å². The van der Waals surface area contributed by atoms with Gasteiger partial charge in [0.25, 0.3) is 0 Å². The van der Waals surface area contributed by atoms with Gasteiger partial charge in [0, 0.05) is 97.8 Å². The monoisotopic (exact) mass is 1840 g/mol. The molecular formula is C126H170O10. The maximum Gasteiger partial charge on any atom is 0.127 e. The Morgan fingerprint density at radius 3 is 0.699 bits per heavy atom. The number of phenols is 5. The normalized spacial score (nSPS) is 26.1. The number of benzene rings is 7. The lowest BCUT2D eigenvalue weighted by molar-refractivity contribution is 0.00700. The van der Waals surface area contributed by atoms with E-state index in [0.29, 0.717) is 106 Å². The van der Waals surface area contributed by atoms with Crippen molar-refractivity contribution in [3.05, 3.63) is 246 Å². The summed E-state index contributed by atoms with van der Waals surface area (Å²) in [6.45, 7) is 58.2. The van der Waals surface area contributed by atoms with Gasteiger partial charge in [0.1, 0.15) is 85.5 Å². The highest BCUT2D eigenvalue weighted by Gasteiger charge is 2.54. The fourth-order valence-electron chi connectivity index (χ4n) is 28.0. The molecule has 3 fully saturated rings. The van der Waals surface area contributed by atoms with E-state index in [0.717, 1.165) is 132 Å². The summed E-state index contributed by atoms with van der Waals surface area (Å²) < 4.78 is 32.6. The lowest BCUT2D eigenvalue weighted by Crippen LogP contribution is -2.45. The fourth-order valence-corrected chi connectivity index (χ4v) is 28.0. The summed E-state index contributed by atoms with van der Waals surface area (Å²) in [5, 5.41) is 55.4.